The number of alkyl carbamates (subject to hydrolysis) is 1. The minimum absolute atomic E-state index is 0.264. The van der Waals surface area contributed by atoms with E-state index in [0.29, 0.717) is 12.1 Å². The van der Waals surface area contributed by atoms with Crippen molar-refractivity contribution in [3.05, 3.63) is 0 Å². The summed E-state index contributed by atoms with van der Waals surface area (Å²) in [6, 6.07) is 1.37. The van der Waals surface area contributed by atoms with Gasteiger partial charge in [-0.2, -0.15) is 0 Å². The predicted octanol–water partition coefficient (Wildman–Crippen LogP) is 3.85. The summed E-state index contributed by atoms with van der Waals surface area (Å²) in [5, 5.41) is 6.58. The smallest absolute Gasteiger partial charge is 0.407 e. The first-order chi connectivity index (χ1) is 9.65. The molecule has 1 aliphatic carbocycles. The van der Waals surface area contributed by atoms with Gasteiger partial charge >= 0.3 is 6.09 Å². The van der Waals surface area contributed by atoms with Crippen molar-refractivity contribution in [1.29, 1.82) is 0 Å². The second kappa shape index (κ2) is 8.02. The van der Waals surface area contributed by atoms with Crippen LogP contribution in [-0.4, -0.2) is 29.8 Å². The van der Waals surface area contributed by atoms with Crippen molar-refractivity contribution in [3.63, 3.8) is 0 Å². The lowest BCUT2D eigenvalue weighted by Crippen LogP contribution is -2.54. The molecular weight excluding hydrogens is 264 g/mol. The fourth-order valence-corrected chi connectivity index (χ4v) is 2.66. The number of rotatable bonds is 7. The Morgan fingerprint density at radius 1 is 1.14 bits per heavy atom. The molecule has 0 aromatic heterocycles. The minimum Gasteiger partial charge on any atom is -0.444 e. The van der Waals surface area contributed by atoms with Crippen molar-refractivity contribution < 1.29 is 9.53 Å². The second-order valence-electron chi connectivity index (χ2n) is 7.90. The molecule has 124 valence electrons. The SMILES string of the molecule is CC(C)CCCC(C)NC1CC(NC(=O)OC(C)(C)C)C1. The molecule has 0 aliphatic heterocycles. The van der Waals surface area contributed by atoms with Gasteiger partial charge in [0.15, 0.2) is 0 Å². The third-order valence-corrected chi connectivity index (χ3v) is 3.80. The van der Waals surface area contributed by atoms with E-state index >= 15 is 0 Å². The third-order valence-electron chi connectivity index (χ3n) is 3.80. The van der Waals surface area contributed by atoms with Gasteiger partial charge in [0.05, 0.1) is 0 Å². The van der Waals surface area contributed by atoms with Gasteiger partial charge < -0.3 is 15.4 Å². The van der Waals surface area contributed by atoms with Crippen LogP contribution in [0.5, 0.6) is 0 Å². The standard InChI is InChI=1S/C17H34N2O2/c1-12(2)8-7-9-13(3)18-14-10-15(11-14)19-16(20)21-17(4,5)6/h12-15,18H,7-11H2,1-6H3,(H,19,20). The highest BCUT2D eigenvalue weighted by molar-refractivity contribution is 5.68. The highest BCUT2D eigenvalue weighted by atomic mass is 16.6. The summed E-state index contributed by atoms with van der Waals surface area (Å²) in [6.07, 6.45) is 5.55. The molecule has 1 unspecified atom stereocenters. The van der Waals surface area contributed by atoms with Crippen molar-refractivity contribution in [2.75, 3.05) is 0 Å². The summed E-state index contributed by atoms with van der Waals surface area (Å²) in [7, 11) is 0. The number of ether oxygens (including phenoxy) is 1. The van der Waals surface area contributed by atoms with E-state index in [2.05, 4.69) is 31.4 Å². The van der Waals surface area contributed by atoms with Gasteiger partial charge in [-0.05, 0) is 52.9 Å². The van der Waals surface area contributed by atoms with Crippen LogP contribution in [0.15, 0.2) is 0 Å². The maximum Gasteiger partial charge on any atom is 0.407 e. The average Bonchev–Trinajstić information content (AvgIpc) is 2.22. The highest BCUT2D eigenvalue weighted by Gasteiger charge is 2.32. The molecule has 4 nitrogen and oxygen atoms in total. The summed E-state index contributed by atoms with van der Waals surface area (Å²) in [5.74, 6) is 0.795. The van der Waals surface area contributed by atoms with E-state index in [4.69, 9.17) is 4.74 Å². The van der Waals surface area contributed by atoms with Crippen molar-refractivity contribution in [3.8, 4) is 0 Å². The van der Waals surface area contributed by atoms with Crippen LogP contribution >= 0.6 is 0 Å². The van der Waals surface area contributed by atoms with E-state index < -0.39 is 5.60 Å². The van der Waals surface area contributed by atoms with Gasteiger partial charge in [-0.1, -0.05) is 26.7 Å². The molecule has 1 rings (SSSR count). The Morgan fingerprint density at radius 2 is 1.76 bits per heavy atom. The van der Waals surface area contributed by atoms with Gasteiger partial charge in [0.25, 0.3) is 0 Å². The molecule has 0 aromatic carbocycles. The van der Waals surface area contributed by atoms with Crippen LogP contribution < -0.4 is 10.6 Å². The molecule has 2 N–H and O–H groups in total. The minimum atomic E-state index is -0.420. The fraction of sp³-hybridized carbons (Fsp3) is 0.941. The molecule has 1 atom stereocenters. The fourth-order valence-electron chi connectivity index (χ4n) is 2.66. The molecule has 1 aliphatic rings. The summed E-state index contributed by atoms with van der Waals surface area (Å²) in [5.41, 5.74) is -0.420. The van der Waals surface area contributed by atoms with Gasteiger partial charge in [0, 0.05) is 18.1 Å². The van der Waals surface area contributed by atoms with E-state index in [9.17, 15) is 4.79 Å². The number of carbonyl (C=O) groups excluding carboxylic acids is 1. The first kappa shape index (κ1) is 18.3. The zero-order chi connectivity index (χ0) is 16.0. The second-order valence-corrected chi connectivity index (χ2v) is 7.90. The largest absolute Gasteiger partial charge is 0.444 e. The Bertz CT molecular complexity index is 317. The van der Waals surface area contributed by atoms with Crippen LogP contribution in [0.1, 0.15) is 73.6 Å². The zero-order valence-electron chi connectivity index (χ0n) is 14.7. The monoisotopic (exact) mass is 298 g/mol. The maximum absolute atomic E-state index is 11.6. The third kappa shape index (κ3) is 8.30. The van der Waals surface area contributed by atoms with Crippen LogP contribution in [-0.2, 0) is 4.74 Å². The Kier molecular flexibility index (Phi) is 6.98. The van der Waals surface area contributed by atoms with Crippen molar-refractivity contribution in [1.82, 2.24) is 10.6 Å². The van der Waals surface area contributed by atoms with Gasteiger partial charge in [0.1, 0.15) is 5.60 Å². The number of carbonyl (C=O) groups is 1. The van der Waals surface area contributed by atoms with Gasteiger partial charge in [0.2, 0.25) is 0 Å². The van der Waals surface area contributed by atoms with E-state index in [0.717, 1.165) is 18.8 Å². The first-order valence-corrected chi connectivity index (χ1v) is 8.41. The molecule has 4 heteroatoms. The molecule has 1 saturated carbocycles. The lowest BCUT2D eigenvalue weighted by atomic mass is 9.86. The van der Waals surface area contributed by atoms with E-state index in [1.54, 1.807) is 0 Å². The van der Waals surface area contributed by atoms with Crippen LogP contribution in [0, 0.1) is 5.92 Å². The van der Waals surface area contributed by atoms with Crippen molar-refractivity contribution >= 4 is 6.09 Å². The van der Waals surface area contributed by atoms with Crippen molar-refractivity contribution in [2.24, 2.45) is 5.92 Å². The molecular formula is C17H34N2O2. The van der Waals surface area contributed by atoms with Crippen LogP contribution in [0.3, 0.4) is 0 Å². The molecule has 0 heterocycles. The first-order valence-electron chi connectivity index (χ1n) is 8.41. The normalized spacial score (nSPS) is 23.6. The summed E-state index contributed by atoms with van der Waals surface area (Å²) < 4.78 is 5.27. The predicted molar refractivity (Wildman–Crippen MR) is 87.5 cm³/mol. The van der Waals surface area contributed by atoms with Crippen molar-refractivity contribution in [2.45, 2.75) is 97.4 Å². The Morgan fingerprint density at radius 3 is 2.29 bits per heavy atom. The zero-order valence-corrected chi connectivity index (χ0v) is 14.7. The molecule has 0 aromatic rings. The van der Waals surface area contributed by atoms with Gasteiger partial charge in [-0.3, -0.25) is 0 Å². The summed E-state index contributed by atoms with van der Waals surface area (Å²) >= 11 is 0. The lowest BCUT2D eigenvalue weighted by Gasteiger charge is -2.38. The van der Waals surface area contributed by atoms with Gasteiger partial charge in [-0.15, -0.1) is 0 Å². The highest BCUT2D eigenvalue weighted by Crippen LogP contribution is 2.22. The Labute approximate surface area is 130 Å². The van der Waals surface area contributed by atoms with Crippen LogP contribution in [0.2, 0.25) is 0 Å². The topological polar surface area (TPSA) is 50.4 Å². The summed E-state index contributed by atoms with van der Waals surface area (Å²) in [6.45, 7) is 12.5. The van der Waals surface area contributed by atoms with Crippen LogP contribution in [0.25, 0.3) is 0 Å². The quantitative estimate of drug-likeness (QED) is 0.750. The van der Waals surface area contributed by atoms with Gasteiger partial charge in [-0.25, -0.2) is 4.79 Å². The molecule has 0 saturated heterocycles. The van der Waals surface area contributed by atoms with E-state index in [1.165, 1.54) is 19.3 Å². The molecule has 0 spiro atoms. The molecule has 1 amide bonds. The van der Waals surface area contributed by atoms with E-state index in [-0.39, 0.29) is 12.1 Å². The molecule has 21 heavy (non-hydrogen) atoms. The number of amides is 1. The molecule has 1 fully saturated rings. The molecule has 0 radical (unpaired) electrons. The average molecular weight is 298 g/mol. The lowest BCUT2D eigenvalue weighted by molar-refractivity contribution is 0.0463. The van der Waals surface area contributed by atoms with E-state index in [1.807, 2.05) is 20.8 Å². The Hall–Kier alpha value is -0.770. The number of hydrogen-bond donors (Lipinski definition) is 2. The maximum atomic E-state index is 11.6. The van der Waals surface area contributed by atoms with Crippen LogP contribution in [0.4, 0.5) is 4.79 Å². The summed E-state index contributed by atoms with van der Waals surface area (Å²) in [4.78, 5) is 11.6. The molecule has 0 bridgehead atoms. The Balaban J connectivity index is 2.09. The number of nitrogens with one attached hydrogen (secondary N) is 2. The number of hydrogen-bond acceptors (Lipinski definition) is 3.